The molecule has 3 rings (SSSR count). The Balaban J connectivity index is 0.00000300. The quantitative estimate of drug-likeness (QED) is 0.326. The predicted octanol–water partition coefficient (Wildman–Crippen LogP) is 3.46. The van der Waals surface area contributed by atoms with Crippen molar-refractivity contribution in [1.82, 2.24) is 15.1 Å². The van der Waals surface area contributed by atoms with E-state index < -0.39 is 0 Å². The summed E-state index contributed by atoms with van der Waals surface area (Å²) >= 11 is 0. The third-order valence-electron chi connectivity index (χ3n) is 5.53. The molecular weight excluding hydrogens is 479 g/mol. The van der Waals surface area contributed by atoms with Crippen molar-refractivity contribution in [1.29, 1.82) is 0 Å². The van der Waals surface area contributed by atoms with Crippen molar-refractivity contribution < 1.29 is 9.47 Å². The monoisotopic (exact) mass is 516 g/mol. The molecule has 0 bridgehead atoms. The van der Waals surface area contributed by atoms with E-state index in [-0.39, 0.29) is 30.1 Å². The first-order chi connectivity index (χ1) is 13.7. The number of benzene rings is 1. The van der Waals surface area contributed by atoms with Gasteiger partial charge >= 0.3 is 0 Å². The second kappa shape index (κ2) is 12.5. The van der Waals surface area contributed by atoms with Crippen molar-refractivity contribution in [2.24, 2.45) is 10.9 Å². The van der Waals surface area contributed by atoms with E-state index in [1.54, 1.807) is 7.11 Å². The van der Waals surface area contributed by atoms with Crippen molar-refractivity contribution in [3.05, 3.63) is 24.3 Å². The van der Waals surface area contributed by atoms with E-state index in [1.165, 1.54) is 38.9 Å². The third kappa shape index (κ3) is 7.51. The molecule has 1 N–H and O–H groups in total. The standard InChI is InChI=1S/C22H36N4O2.HI/c1-4-23-22(26-14-11-19(17-26)16-25-12-5-6-13-25)24-15-18(2)28-21-9-7-20(27-3)8-10-21;/h7-10,18-19H,4-6,11-17H2,1-3H3,(H,23,24);1H. The molecule has 164 valence electrons. The molecule has 0 radical (unpaired) electrons. The van der Waals surface area contributed by atoms with Crippen molar-refractivity contribution in [2.45, 2.75) is 39.2 Å². The Morgan fingerprint density at radius 3 is 2.52 bits per heavy atom. The van der Waals surface area contributed by atoms with Gasteiger partial charge in [-0.15, -0.1) is 24.0 Å². The number of methoxy groups -OCH3 is 1. The van der Waals surface area contributed by atoms with Gasteiger partial charge in [-0.05, 0) is 76.4 Å². The van der Waals surface area contributed by atoms with Crippen LogP contribution in [0.15, 0.2) is 29.3 Å². The van der Waals surface area contributed by atoms with E-state index >= 15 is 0 Å². The van der Waals surface area contributed by atoms with Crippen LogP contribution >= 0.6 is 24.0 Å². The molecule has 2 aliphatic heterocycles. The Morgan fingerprint density at radius 1 is 1.17 bits per heavy atom. The number of likely N-dealkylation sites (tertiary alicyclic amines) is 2. The van der Waals surface area contributed by atoms with Crippen LogP contribution in [0.25, 0.3) is 0 Å². The van der Waals surface area contributed by atoms with Crippen LogP contribution in [0, 0.1) is 5.92 Å². The molecule has 0 aliphatic carbocycles. The van der Waals surface area contributed by atoms with Gasteiger partial charge in [0.05, 0.1) is 13.7 Å². The number of nitrogens with zero attached hydrogens (tertiary/aromatic N) is 3. The van der Waals surface area contributed by atoms with Crippen molar-refractivity contribution in [3.63, 3.8) is 0 Å². The second-order valence-electron chi connectivity index (χ2n) is 7.91. The summed E-state index contributed by atoms with van der Waals surface area (Å²) in [4.78, 5) is 9.91. The topological polar surface area (TPSA) is 49.3 Å². The Hall–Kier alpha value is -1.22. The van der Waals surface area contributed by atoms with E-state index in [0.717, 1.165) is 43.0 Å². The maximum Gasteiger partial charge on any atom is 0.194 e. The van der Waals surface area contributed by atoms with Crippen LogP contribution in [0.3, 0.4) is 0 Å². The van der Waals surface area contributed by atoms with Crippen LogP contribution in [0.5, 0.6) is 11.5 Å². The molecule has 0 spiro atoms. The van der Waals surface area contributed by atoms with E-state index in [2.05, 4.69) is 29.0 Å². The number of halogens is 1. The molecule has 2 heterocycles. The highest BCUT2D eigenvalue weighted by atomic mass is 127. The molecule has 1 aromatic rings. The molecule has 0 saturated carbocycles. The van der Waals surface area contributed by atoms with E-state index in [4.69, 9.17) is 14.5 Å². The van der Waals surface area contributed by atoms with Crippen molar-refractivity contribution >= 4 is 29.9 Å². The molecule has 2 fully saturated rings. The van der Waals surface area contributed by atoms with Gasteiger partial charge in [0.2, 0.25) is 0 Å². The third-order valence-corrected chi connectivity index (χ3v) is 5.53. The van der Waals surface area contributed by atoms with Gasteiger partial charge in [-0.2, -0.15) is 0 Å². The van der Waals surface area contributed by atoms with Crippen LogP contribution in [0.4, 0.5) is 0 Å². The summed E-state index contributed by atoms with van der Waals surface area (Å²) in [5.74, 6) is 3.47. The maximum absolute atomic E-state index is 6.00. The highest BCUT2D eigenvalue weighted by molar-refractivity contribution is 14.0. The lowest BCUT2D eigenvalue weighted by Gasteiger charge is -2.24. The Kier molecular flexibility index (Phi) is 10.3. The molecule has 6 nitrogen and oxygen atoms in total. The zero-order valence-electron chi connectivity index (χ0n) is 18.1. The van der Waals surface area contributed by atoms with Gasteiger partial charge in [-0.3, -0.25) is 0 Å². The smallest absolute Gasteiger partial charge is 0.194 e. The number of nitrogens with one attached hydrogen (secondary N) is 1. The SMILES string of the molecule is CCNC(=NCC(C)Oc1ccc(OC)cc1)N1CCC(CN2CCCC2)C1.I. The van der Waals surface area contributed by atoms with Gasteiger partial charge in [0.25, 0.3) is 0 Å². The Bertz CT molecular complexity index is 620. The molecule has 7 heteroatoms. The highest BCUT2D eigenvalue weighted by Gasteiger charge is 2.27. The lowest BCUT2D eigenvalue weighted by Crippen LogP contribution is -2.41. The second-order valence-corrected chi connectivity index (χ2v) is 7.91. The fraction of sp³-hybridized carbons (Fsp3) is 0.682. The lowest BCUT2D eigenvalue weighted by atomic mass is 10.1. The zero-order chi connectivity index (χ0) is 19.8. The Morgan fingerprint density at radius 2 is 1.86 bits per heavy atom. The summed E-state index contributed by atoms with van der Waals surface area (Å²) in [6.45, 7) is 11.7. The minimum absolute atomic E-state index is 0. The number of rotatable bonds is 8. The molecule has 2 atom stereocenters. The first-order valence-electron chi connectivity index (χ1n) is 10.7. The molecule has 0 amide bonds. The number of aliphatic imine (C=N–C) groups is 1. The minimum atomic E-state index is 0. The van der Waals surface area contributed by atoms with Crippen LogP contribution in [0.2, 0.25) is 0 Å². The average molecular weight is 516 g/mol. The molecule has 29 heavy (non-hydrogen) atoms. The van der Waals surface area contributed by atoms with Gasteiger partial charge in [0.15, 0.2) is 5.96 Å². The first-order valence-corrected chi connectivity index (χ1v) is 10.7. The van der Waals surface area contributed by atoms with Crippen molar-refractivity contribution in [2.75, 3.05) is 52.9 Å². The fourth-order valence-corrected chi connectivity index (χ4v) is 4.07. The van der Waals surface area contributed by atoms with Crippen LogP contribution in [-0.2, 0) is 0 Å². The fourth-order valence-electron chi connectivity index (χ4n) is 4.07. The maximum atomic E-state index is 6.00. The van der Waals surface area contributed by atoms with Gasteiger partial charge in [-0.1, -0.05) is 0 Å². The summed E-state index contributed by atoms with van der Waals surface area (Å²) in [6.07, 6.45) is 4.02. The molecule has 2 saturated heterocycles. The molecule has 1 aromatic carbocycles. The van der Waals surface area contributed by atoms with Gasteiger partial charge < -0.3 is 24.6 Å². The van der Waals surface area contributed by atoms with Crippen LogP contribution in [0.1, 0.15) is 33.1 Å². The molecular formula is C22H37IN4O2. The number of hydrogen-bond donors (Lipinski definition) is 1. The lowest BCUT2D eigenvalue weighted by molar-refractivity contribution is 0.229. The zero-order valence-corrected chi connectivity index (χ0v) is 20.4. The predicted molar refractivity (Wildman–Crippen MR) is 130 cm³/mol. The van der Waals surface area contributed by atoms with E-state index in [9.17, 15) is 0 Å². The number of hydrogen-bond acceptors (Lipinski definition) is 4. The number of guanidine groups is 1. The normalized spacial score (nSPS) is 21.0. The number of ether oxygens (including phenoxy) is 2. The van der Waals surface area contributed by atoms with Gasteiger partial charge in [0.1, 0.15) is 17.6 Å². The summed E-state index contributed by atoms with van der Waals surface area (Å²) in [5.41, 5.74) is 0. The van der Waals surface area contributed by atoms with Gasteiger partial charge in [-0.25, -0.2) is 4.99 Å². The summed E-state index contributed by atoms with van der Waals surface area (Å²) in [6, 6.07) is 7.71. The Labute approximate surface area is 193 Å². The molecule has 2 unspecified atom stereocenters. The van der Waals surface area contributed by atoms with Gasteiger partial charge in [0, 0.05) is 26.2 Å². The summed E-state index contributed by atoms with van der Waals surface area (Å²) in [5, 5.41) is 3.46. The average Bonchev–Trinajstić information content (AvgIpc) is 3.38. The first kappa shape index (κ1) is 24.1. The minimum Gasteiger partial charge on any atom is -0.497 e. The molecule has 2 aliphatic rings. The van der Waals surface area contributed by atoms with Crippen LogP contribution < -0.4 is 14.8 Å². The van der Waals surface area contributed by atoms with E-state index in [0.29, 0.717) is 6.54 Å². The molecule has 0 aromatic heterocycles. The van der Waals surface area contributed by atoms with Crippen molar-refractivity contribution in [3.8, 4) is 11.5 Å². The summed E-state index contributed by atoms with van der Waals surface area (Å²) < 4.78 is 11.2. The summed E-state index contributed by atoms with van der Waals surface area (Å²) in [7, 11) is 1.67. The largest absolute Gasteiger partial charge is 0.497 e. The van der Waals surface area contributed by atoms with E-state index in [1.807, 2.05) is 24.3 Å². The highest BCUT2D eigenvalue weighted by Crippen LogP contribution is 2.21. The van der Waals surface area contributed by atoms with Crippen LogP contribution in [-0.4, -0.2) is 74.8 Å².